The summed E-state index contributed by atoms with van der Waals surface area (Å²) in [5.41, 5.74) is 2.71. The van der Waals surface area contributed by atoms with Crippen LogP contribution in [0.25, 0.3) is 0 Å². The van der Waals surface area contributed by atoms with Crippen molar-refractivity contribution in [1.29, 1.82) is 0 Å². The van der Waals surface area contributed by atoms with E-state index >= 15 is 0 Å². The van der Waals surface area contributed by atoms with E-state index in [0.29, 0.717) is 6.04 Å². The fourth-order valence-electron chi connectivity index (χ4n) is 3.80. The van der Waals surface area contributed by atoms with Gasteiger partial charge in [0.2, 0.25) is 0 Å². The molecule has 0 spiro atoms. The predicted octanol–water partition coefficient (Wildman–Crippen LogP) is 3.16. The van der Waals surface area contributed by atoms with Crippen molar-refractivity contribution in [2.75, 3.05) is 44.3 Å². The average Bonchev–Trinajstić information content (AvgIpc) is 2.56. The Morgan fingerprint density at radius 3 is 2.77 bits per heavy atom. The zero-order valence-corrected chi connectivity index (χ0v) is 14.1. The molecule has 4 nitrogen and oxygen atoms in total. The van der Waals surface area contributed by atoms with Crippen LogP contribution in [0.2, 0.25) is 0 Å². The van der Waals surface area contributed by atoms with Crippen LogP contribution >= 0.6 is 0 Å². The Balaban J connectivity index is 1.78. The van der Waals surface area contributed by atoms with Gasteiger partial charge in [-0.1, -0.05) is 13.3 Å². The summed E-state index contributed by atoms with van der Waals surface area (Å²) in [5, 5.41) is 0. The minimum absolute atomic E-state index is 0.568. The van der Waals surface area contributed by atoms with E-state index in [1.165, 1.54) is 49.9 Å². The van der Waals surface area contributed by atoms with Crippen LogP contribution in [0, 0.1) is 6.92 Å². The van der Waals surface area contributed by atoms with E-state index < -0.39 is 0 Å². The van der Waals surface area contributed by atoms with Crippen molar-refractivity contribution in [2.45, 2.75) is 45.6 Å². The maximum Gasteiger partial charge on any atom is 0.131 e. The molecule has 0 aromatic carbocycles. The Morgan fingerprint density at radius 2 is 2.05 bits per heavy atom. The zero-order chi connectivity index (χ0) is 15.4. The fraction of sp³-hybridized carbons (Fsp3) is 0.722. The second kappa shape index (κ2) is 7.42. The van der Waals surface area contributed by atoms with Crippen LogP contribution in [0.5, 0.6) is 0 Å². The molecule has 1 aromatic heterocycles. The van der Waals surface area contributed by atoms with Crippen LogP contribution < -0.4 is 4.90 Å². The maximum absolute atomic E-state index is 5.44. The molecule has 2 saturated heterocycles. The minimum Gasteiger partial charge on any atom is -0.378 e. The van der Waals surface area contributed by atoms with Gasteiger partial charge in [-0.15, -0.1) is 0 Å². The first-order chi connectivity index (χ1) is 10.8. The van der Waals surface area contributed by atoms with Crippen molar-refractivity contribution >= 4 is 5.82 Å². The standard InChI is InChI=1S/C18H29N3O/c1-3-7-20-8-5-4-6-17(20)16-13-15(2)18(19-14-16)21-9-11-22-12-10-21/h13-14,17H,3-12H2,1-2H3. The largest absolute Gasteiger partial charge is 0.378 e. The topological polar surface area (TPSA) is 28.6 Å². The molecule has 122 valence electrons. The molecular formula is C18H29N3O. The average molecular weight is 303 g/mol. The van der Waals surface area contributed by atoms with Crippen LogP contribution in [-0.4, -0.2) is 49.3 Å². The van der Waals surface area contributed by atoms with Crippen LogP contribution in [0.15, 0.2) is 12.3 Å². The number of hydrogen-bond acceptors (Lipinski definition) is 4. The van der Waals surface area contributed by atoms with Crippen LogP contribution in [0.4, 0.5) is 5.82 Å². The van der Waals surface area contributed by atoms with Gasteiger partial charge in [-0.25, -0.2) is 4.98 Å². The molecule has 1 atom stereocenters. The molecule has 2 aliphatic rings. The summed E-state index contributed by atoms with van der Waals surface area (Å²) >= 11 is 0. The lowest BCUT2D eigenvalue weighted by Crippen LogP contribution is -2.37. The van der Waals surface area contributed by atoms with E-state index in [0.717, 1.165) is 32.1 Å². The van der Waals surface area contributed by atoms with Crippen LogP contribution in [0.1, 0.15) is 49.8 Å². The van der Waals surface area contributed by atoms with E-state index in [9.17, 15) is 0 Å². The first kappa shape index (κ1) is 15.8. The van der Waals surface area contributed by atoms with Gasteiger partial charge < -0.3 is 9.64 Å². The van der Waals surface area contributed by atoms with Gasteiger partial charge in [-0.2, -0.15) is 0 Å². The lowest BCUT2D eigenvalue weighted by Gasteiger charge is -2.36. The van der Waals surface area contributed by atoms with Gasteiger partial charge in [-0.3, -0.25) is 4.90 Å². The summed E-state index contributed by atoms with van der Waals surface area (Å²) < 4.78 is 5.44. The fourth-order valence-corrected chi connectivity index (χ4v) is 3.80. The van der Waals surface area contributed by atoms with Crippen molar-refractivity contribution in [3.05, 3.63) is 23.4 Å². The van der Waals surface area contributed by atoms with Crippen LogP contribution in [0.3, 0.4) is 0 Å². The number of rotatable bonds is 4. The number of likely N-dealkylation sites (tertiary alicyclic amines) is 1. The van der Waals surface area contributed by atoms with Gasteiger partial charge in [0.1, 0.15) is 5.82 Å². The lowest BCUT2D eigenvalue weighted by molar-refractivity contribution is 0.122. The van der Waals surface area contributed by atoms with E-state index in [1.54, 1.807) is 0 Å². The molecule has 1 aromatic rings. The van der Waals surface area contributed by atoms with Crippen molar-refractivity contribution in [1.82, 2.24) is 9.88 Å². The predicted molar refractivity (Wildman–Crippen MR) is 90.5 cm³/mol. The van der Waals surface area contributed by atoms with Gasteiger partial charge in [0.05, 0.1) is 13.2 Å². The first-order valence-corrected chi connectivity index (χ1v) is 8.83. The summed E-state index contributed by atoms with van der Waals surface area (Å²) in [4.78, 5) is 9.82. The molecule has 0 bridgehead atoms. The van der Waals surface area contributed by atoms with Crippen molar-refractivity contribution in [2.24, 2.45) is 0 Å². The highest BCUT2D eigenvalue weighted by atomic mass is 16.5. The molecule has 3 rings (SSSR count). The Hall–Kier alpha value is -1.13. The van der Waals surface area contributed by atoms with E-state index in [2.05, 4.69) is 35.9 Å². The molecule has 0 N–H and O–H groups in total. The summed E-state index contributed by atoms with van der Waals surface area (Å²) in [6.45, 7) is 10.5. The summed E-state index contributed by atoms with van der Waals surface area (Å²) in [5.74, 6) is 1.14. The lowest BCUT2D eigenvalue weighted by atomic mass is 9.95. The third-order valence-electron chi connectivity index (χ3n) is 4.89. The number of nitrogens with zero attached hydrogens (tertiary/aromatic N) is 3. The summed E-state index contributed by atoms with van der Waals surface area (Å²) in [6.07, 6.45) is 7.31. The Labute approximate surface area is 134 Å². The van der Waals surface area contributed by atoms with Gasteiger partial charge in [-0.05, 0) is 56.5 Å². The molecule has 22 heavy (non-hydrogen) atoms. The second-order valence-corrected chi connectivity index (χ2v) is 6.56. The Bertz CT molecular complexity index is 483. The van der Waals surface area contributed by atoms with E-state index in [1.807, 2.05) is 0 Å². The molecular weight excluding hydrogens is 274 g/mol. The Kier molecular flexibility index (Phi) is 5.32. The van der Waals surface area contributed by atoms with Gasteiger partial charge in [0.25, 0.3) is 0 Å². The number of morpholine rings is 1. The Morgan fingerprint density at radius 1 is 1.23 bits per heavy atom. The third-order valence-corrected chi connectivity index (χ3v) is 4.89. The maximum atomic E-state index is 5.44. The monoisotopic (exact) mass is 303 g/mol. The van der Waals surface area contributed by atoms with Crippen molar-refractivity contribution in [3.63, 3.8) is 0 Å². The first-order valence-electron chi connectivity index (χ1n) is 8.83. The highest BCUT2D eigenvalue weighted by molar-refractivity contribution is 5.48. The number of aromatic nitrogens is 1. The van der Waals surface area contributed by atoms with Crippen molar-refractivity contribution < 1.29 is 4.74 Å². The molecule has 0 amide bonds. The van der Waals surface area contributed by atoms with Gasteiger partial charge >= 0.3 is 0 Å². The van der Waals surface area contributed by atoms with E-state index in [-0.39, 0.29) is 0 Å². The number of anilines is 1. The molecule has 2 aliphatic heterocycles. The number of hydrogen-bond donors (Lipinski definition) is 0. The summed E-state index contributed by atoms with van der Waals surface area (Å²) in [7, 11) is 0. The number of ether oxygens (including phenoxy) is 1. The summed E-state index contributed by atoms with van der Waals surface area (Å²) in [6, 6.07) is 2.94. The molecule has 2 fully saturated rings. The number of piperidine rings is 1. The molecule has 0 radical (unpaired) electrons. The third kappa shape index (κ3) is 3.44. The van der Waals surface area contributed by atoms with Gasteiger partial charge in [0, 0.05) is 25.3 Å². The van der Waals surface area contributed by atoms with E-state index in [4.69, 9.17) is 9.72 Å². The second-order valence-electron chi connectivity index (χ2n) is 6.56. The quantitative estimate of drug-likeness (QED) is 0.854. The smallest absolute Gasteiger partial charge is 0.131 e. The molecule has 0 aliphatic carbocycles. The molecule has 1 unspecified atom stereocenters. The van der Waals surface area contributed by atoms with Gasteiger partial charge in [0.15, 0.2) is 0 Å². The number of aryl methyl sites for hydroxylation is 1. The SMILES string of the molecule is CCCN1CCCCC1c1cnc(N2CCOCC2)c(C)c1. The zero-order valence-electron chi connectivity index (χ0n) is 14.1. The highest BCUT2D eigenvalue weighted by Gasteiger charge is 2.24. The minimum atomic E-state index is 0.568. The normalized spacial score (nSPS) is 23.7. The van der Waals surface area contributed by atoms with Crippen LogP contribution in [-0.2, 0) is 4.74 Å². The molecule has 4 heteroatoms. The number of pyridine rings is 1. The highest BCUT2D eigenvalue weighted by Crippen LogP contribution is 2.32. The molecule has 3 heterocycles. The van der Waals surface area contributed by atoms with Crippen molar-refractivity contribution in [3.8, 4) is 0 Å². The molecule has 0 saturated carbocycles.